The maximum Gasteiger partial charge on any atom is 0.342 e. The molecule has 0 aliphatic heterocycles. The molecule has 1 aromatic carbocycles. The second-order valence-electron chi connectivity index (χ2n) is 5.52. The van der Waals surface area contributed by atoms with E-state index < -0.39 is 12.6 Å². The first-order chi connectivity index (χ1) is 11.9. The Balaban J connectivity index is 1.89. The standard InChI is InChI=1S/C18H19NO5S/c1-11-3-5-15(21)14(9-11)18(23)24-10-16(22)17-6-4-13(25-17)7-8-19-12(2)20/h3-6,9,21H,7-8,10H2,1-2H3,(H,19,20). The van der Waals surface area contributed by atoms with Crippen LogP contribution in [0.3, 0.4) is 0 Å². The summed E-state index contributed by atoms with van der Waals surface area (Å²) >= 11 is 1.30. The van der Waals surface area contributed by atoms with Crippen LogP contribution in [0.1, 0.15) is 37.4 Å². The number of aromatic hydroxyl groups is 1. The maximum absolute atomic E-state index is 12.1. The normalized spacial score (nSPS) is 10.3. The average Bonchev–Trinajstić information content (AvgIpc) is 3.03. The van der Waals surface area contributed by atoms with Crippen molar-refractivity contribution < 1.29 is 24.2 Å². The number of ether oxygens (including phenoxy) is 1. The third kappa shape index (κ3) is 5.42. The molecule has 1 aromatic heterocycles. The van der Waals surface area contributed by atoms with Gasteiger partial charge in [0.1, 0.15) is 11.3 Å². The number of benzene rings is 1. The van der Waals surface area contributed by atoms with Gasteiger partial charge in [-0.05, 0) is 37.6 Å². The molecule has 0 saturated carbocycles. The quantitative estimate of drug-likeness (QED) is 0.584. The van der Waals surface area contributed by atoms with E-state index in [0.717, 1.165) is 10.4 Å². The van der Waals surface area contributed by atoms with E-state index in [4.69, 9.17) is 4.74 Å². The molecule has 0 aliphatic carbocycles. The monoisotopic (exact) mass is 361 g/mol. The van der Waals surface area contributed by atoms with Crippen molar-refractivity contribution >= 4 is 29.0 Å². The Labute approximate surface area is 149 Å². The van der Waals surface area contributed by atoms with E-state index in [1.807, 2.05) is 6.07 Å². The van der Waals surface area contributed by atoms with Crippen molar-refractivity contribution in [2.24, 2.45) is 0 Å². The lowest BCUT2D eigenvalue weighted by molar-refractivity contribution is -0.118. The van der Waals surface area contributed by atoms with Crippen LogP contribution in [0, 0.1) is 6.92 Å². The summed E-state index contributed by atoms with van der Waals surface area (Å²) in [6.07, 6.45) is 0.633. The number of amides is 1. The average molecular weight is 361 g/mol. The molecule has 2 aromatic rings. The van der Waals surface area contributed by atoms with E-state index in [1.54, 1.807) is 19.1 Å². The molecule has 0 bridgehead atoms. The molecule has 0 radical (unpaired) electrons. The number of phenolic OH excluding ortho intramolecular Hbond substituents is 1. The molecule has 0 fully saturated rings. The zero-order chi connectivity index (χ0) is 18.4. The zero-order valence-electron chi connectivity index (χ0n) is 14.0. The molecule has 0 aliphatic rings. The molecule has 0 unspecified atom stereocenters. The van der Waals surface area contributed by atoms with Gasteiger partial charge < -0.3 is 15.2 Å². The van der Waals surface area contributed by atoms with Crippen LogP contribution in [0.5, 0.6) is 5.75 Å². The van der Waals surface area contributed by atoms with Gasteiger partial charge in [0, 0.05) is 18.3 Å². The van der Waals surface area contributed by atoms with Gasteiger partial charge in [-0.1, -0.05) is 11.6 Å². The first kappa shape index (κ1) is 18.7. The van der Waals surface area contributed by atoms with Crippen LogP contribution in [-0.4, -0.2) is 35.9 Å². The zero-order valence-corrected chi connectivity index (χ0v) is 14.8. The highest BCUT2D eigenvalue weighted by atomic mass is 32.1. The fourth-order valence-corrected chi connectivity index (χ4v) is 3.05. The Bertz CT molecular complexity index is 797. The van der Waals surface area contributed by atoms with Crippen LogP contribution in [0.15, 0.2) is 30.3 Å². The van der Waals surface area contributed by atoms with Gasteiger partial charge in [0.15, 0.2) is 6.61 Å². The number of nitrogens with one attached hydrogen (secondary N) is 1. The van der Waals surface area contributed by atoms with Crippen molar-refractivity contribution in [2.45, 2.75) is 20.3 Å². The van der Waals surface area contributed by atoms with Crippen LogP contribution >= 0.6 is 11.3 Å². The van der Waals surface area contributed by atoms with Crippen molar-refractivity contribution in [2.75, 3.05) is 13.2 Å². The number of phenols is 1. The van der Waals surface area contributed by atoms with Crippen LogP contribution in [0.2, 0.25) is 0 Å². The number of carbonyl (C=O) groups excluding carboxylic acids is 3. The second kappa shape index (κ2) is 8.43. The highest BCUT2D eigenvalue weighted by Gasteiger charge is 2.16. The summed E-state index contributed by atoms with van der Waals surface area (Å²) in [4.78, 5) is 36.4. The van der Waals surface area contributed by atoms with Crippen molar-refractivity contribution in [1.29, 1.82) is 0 Å². The number of Topliss-reactive ketones (excluding diaryl/α,β-unsaturated/α-hetero) is 1. The highest BCUT2D eigenvalue weighted by molar-refractivity contribution is 7.14. The van der Waals surface area contributed by atoms with E-state index in [0.29, 0.717) is 17.8 Å². The lowest BCUT2D eigenvalue weighted by Gasteiger charge is -2.06. The van der Waals surface area contributed by atoms with Crippen molar-refractivity contribution in [3.05, 3.63) is 51.2 Å². The van der Waals surface area contributed by atoms with Gasteiger partial charge in [-0.2, -0.15) is 0 Å². The second-order valence-corrected chi connectivity index (χ2v) is 6.69. The summed E-state index contributed by atoms with van der Waals surface area (Å²) in [5.41, 5.74) is 0.841. The Morgan fingerprint density at radius 1 is 1.20 bits per heavy atom. The molecule has 2 N–H and O–H groups in total. The van der Waals surface area contributed by atoms with E-state index >= 15 is 0 Å². The van der Waals surface area contributed by atoms with Gasteiger partial charge in [-0.3, -0.25) is 9.59 Å². The third-order valence-electron chi connectivity index (χ3n) is 3.39. The minimum Gasteiger partial charge on any atom is -0.507 e. The van der Waals surface area contributed by atoms with Crippen molar-refractivity contribution in [1.82, 2.24) is 5.32 Å². The van der Waals surface area contributed by atoms with Gasteiger partial charge >= 0.3 is 5.97 Å². The molecule has 0 spiro atoms. The van der Waals surface area contributed by atoms with E-state index in [1.165, 1.54) is 30.4 Å². The molecule has 0 saturated heterocycles. The molecular weight excluding hydrogens is 342 g/mol. The predicted molar refractivity (Wildman–Crippen MR) is 94.2 cm³/mol. The summed E-state index contributed by atoms with van der Waals surface area (Å²) in [5, 5.41) is 12.4. The summed E-state index contributed by atoms with van der Waals surface area (Å²) in [5.74, 6) is -1.33. The van der Waals surface area contributed by atoms with Gasteiger partial charge in [-0.25, -0.2) is 4.79 Å². The molecule has 6 nitrogen and oxygen atoms in total. The molecule has 1 heterocycles. The number of rotatable bonds is 7. The minimum absolute atomic E-state index is 0.0370. The highest BCUT2D eigenvalue weighted by Crippen LogP contribution is 2.20. The molecule has 25 heavy (non-hydrogen) atoms. The number of hydrogen-bond acceptors (Lipinski definition) is 6. The Morgan fingerprint density at radius 2 is 1.96 bits per heavy atom. The van der Waals surface area contributed by atoms with Gasteiger partial charge in [0.05, 0.1) is 4.88 Å². The lowest BCUT2D eigenvalue weighted by Crippen LogP contribution is -2.22. The number of carbonyl (C=O) groups is 3. The molecular formula is C18H19NO5S. The van der Waals surface area contributed by atoms with Crippen LogP contribution in [0.25, 0.3) is 0 Å². The number of ketones is 1. The first-order valence-corrected chi connectivity index (χ1v) is 8.51. The molecule has 7 heteroatoms. The topological polar surface area (TPSA) is 92.7 Å². The third-order valence-corrected chi connectivity index (χ3v) is 4.57. The van der Waals surface area contributed by atoms with Crippen molar-refractivity contribution in [3.63, 3.8) is 0 Å². The lowest BCUT2D eigenvalue weighted by atomic mass is 10.1. The summed E-state index contributed by atoms with van der Waals surface area (Å²) in [6, 6.07) is 8.08. The molecule has 1 amide bonds. The number of esters is 1. The van der Waals surface area contributed by atoms with Gasteiger partial charge in [0.2, 0.25) is 11.7 Å². The van der Waals surface area contributed by atoms with Crippen LogP contribution in [-0.2, 0) is 16.0 Å². The van der Waals surface area contributed by atoms with E-state index in [-0.39, 0.29) is 23.0 Å². The van der Waals surface area contributed by atoms with Crippen LogP contribution in [0.4, 0.5) is 0 Å². The summed E-state index contributed by atoms with van der Waals surface area (Å²) in [6.45, 7) is 3.35. The number of aryl methyl sites for hydroxylation is 1. The molecule has 132 valence electrons. The SMILES string of the molecule is CC(=O)NCCc1ccc(C(=O)COC(=O)c2cc(C)ccc2O)s1. The largest absolute Gasteiger partial charge is 0.507 e. The summed E-state index contributed by atoms with van der Waals surface area (Å²) in [7, 11) is 0. The van der Waals surface area contributed by atoms with E-state index in [2.05, 4.69) is 5.32 Å². The molecule has 0 atom stereocenters. The summed E-state index contributed by atoms with van der Waals surface area (Å²) < 4.78 is 5.00. The first-order valence-electron chi connectivity index (χ1n) is 7.70. The Morgan fingerprint density at radius 3 is 2.68 bits per heavy atom. The fourth-order valence-electron chi connectivity index (χ4n) is 2.12. The van der Waals surface area contributed by atoms with E-state index in [9.17, 15) is 19.5 Å². The number of thiophene rings is 1. The smallest absolute Gasteiger partial charge is 0.342 e. The predicted octanol–water partition coefficient (Wildman–Crippen LogP) is 2.48. The number of hydrogen-bond donors (Lipinski definition) is 2. The fraction of sp³-hybridized carbons (Fsp3) is 0.278. The Hall–Kier alpha value is -2.67. The minimum atomic E-state index is -0.739. The van der Waals surface area contributed by atoms with Crippen LogP contribution < -0.4 is 5.32 Å². The Kier molecular flexibility index (Phi) is 6.30. The van der Waals surface area contributed by atoms with Gasteiger partial charge in [0.25, 0.3) is 0 Å². The maximum atomic E-state index is 12.1. The van der Waals surface area contributed by atoms with Gasteiger partial charge in [-0.15, -0.1) is 11.3 Å². The van der Waals surface area contributed by atoms with Crippen molar-refractivity contribution in [3.8, 4) is 5.75 Å². The molecule has 2 rings (SSSR count).